The van der Waals surface area contributed by atoms with Crippen LogP contribution in [-0.2, 0) is 0 Å². The van der Waals surface area contributed by atoms with E-state index in [1.165, 1.54) is 5.31 Å². The summed E-state index contributed by atoms with van der Waals surface area (Å²) in [6.45, 7) is 3.08. The molecule has 0 unspecified atom stereocenters. The monoisotopic (exact) mass is 116 g/mol. The third kappa shape index (κ3) is 1.46. The molecule has 1 saturated heterocycles. The van der Waals surface area contributed by atoms with Gasteiger partial charge in [0.25, 0.3) is 0 Å². The zero-order chi connectivity index (χ0) is 6.91. The maximum atomic E-state index is 9.38. The maximum absolute atomic E-state index is 9.38. The summed E-state index contributed by atoms with van der Waals surface area (Å²) in [6.07, 6.45) is 1.78. The molecule has 0 aromatic heterocycles. The summed E-state index contributed by atoms with van der Waals surface area (Å²) in [5.41, 5.74) is -0.611. The number of hydrogen-bond donors (Lipinski definition) is 2. The van der Waals surface area contributed by atoms with E-state index in [4.69, 9.17) is 1.41 Å². The van der Waals surface area contributed by atoms with Gasteiger partial charge in [-0.2, -0.15) is 0 Å². The fourth-order valence-electron chi connectivity index (χ4n) is 0.971. The summed E-state index contributed by atoms with van der Waals surface area (Å²) in [6, 6.07) is 0. The second-order valence-corrected chi connectivity index (χ2v) is 2.71. The molecule has 1 rings (SSSR count). The lowest BCUT2D eigenvalue weighted by atomic mass is 9.97. The van der Waals surface area contributed by atoms with Crippen molar-refractivity contribution in [2.45, 2.75) is 25.4 Å². The molecule has 1 fully saturated rings. The molecule has 1 atom stereocenters. The fraction of sp³-hybridized carbons (Fsp3) is 1.00. The fourth-order valence-corrected chi connectivity index (χ4v) is 0.971. The van der Waals surface area contributed by atoms with E-state index in [2.05, 4.69) is 0 Å². The van der Waals surface area contributed by atoms with Crippen LogP contribution in [0.3, 0.4) is 0 Å². The summed E-state index contributed by atoms with van der Waals surface area (Å²) in [7, 11) is 0. The Hall–Kier alpha value is -0.0800. The Bertz CT molecular complexity index is 105. The molecule has 8 heavy (non-hydrogen) atoms. The lowest BCUT2D eigenvalue weighted by Gasteiger charge is -2.28. The largest absolute Gasteiger partial charge is 0.389 e. The summed E-state index contributed by atoms with van der Waals surface area (Å²) in [5, 5.41) is 10.8. The van der Waals surface area contributed by atoms with Crippen molar-refractivity contribution in [2.75, 3.05) is 13.1 Å². The second-order valence-electron chi connectivity index (χ2n) is 2.71. The third-order valence-corrected chi connectivity index (χ3v) is 1.48. The zero-order valence-electron chi connectivity index (χ0n) is 6.22. The molecule has 1 heterocycles. The highest BCUT2D eigenvalue weighted by atomic mass is 16.3. The predicted molar refractivity (Wildman–Crippen MR) is 32.7 cm³/mol. The number of rotatable bonds is 0. The van der Waals surface area contributed by atoms with Crippen LogP contribution in [0.5, 0.6) is 0 Å². The summed E-state index contributed by atoms with van der Waals surface area (Å²) < 4.78 is 7.20. The number of aliphatic hydroxyl groups is 1. The van der Waals surface area contributed by atoms with Gasteiger partial charge in [0.2, 0.25) is 0 Å². The van der Waals surface area contributed by atoms with Gasteiger partial charge in [-0.05, 0) is 26.3 Å². The average molecular weight is 116 g/mol. The van der Waals surface area contributed by atoms with Crippen LogP contribution in [0.2, 0.25) is 1.41 Å². The van der Waals surface area contributed by atoms with Gasteiger partial charge in [-0.25, -0.2) is 0 Å². The van der Waals surface area contributed by atoms with E-state index in [1.807, 2.05) is 0 Å². The van der Waals surface area contributed by atoms with Crippen molar-refractivity contribution in [2.24, 2.45) is 0 Å². The highest BCUT2D eigenvalue weighted by Crippen LogP contribution is 2.13. The van der Waals surface area contributed by atoms with Crippen molar-refractivity contribution in [1.82, 2.24) is 5.31 Å². The molecule has 2 N–H and O–H groups in total. The highest BCUT2D eigenvalue weighted by Gasteiger charge is 2.21. The zero-order valence-corrected chi connectivity index (χ0v) is 5.22. The molecule has 1 aliphatic heterocycles. The summed E-state index contributed by atoms with van der Waals surface area (Å²) in [5.74, 6) is 0. The Morgan fingerprint density at radius 2 is 2.62 bits per heavy atom. The summed E-state index contributed by atoms with van der Waals surface area (Å²) in [4.78, 5) is 0. The first-order valence-corrected chi connectivity index (χ1v) is 3.06. The molecule has 1 aliphatic rings. The molecule has 48 valence electrons. The Morgan fingerprint density at radius 1 is 1.88 bits per heavy atom. The first-order valence-electron chi connectivity index (χ1n) is 3.51. The number of hydrogen-bond acceptors (Lipinski definition) is 2. The van der Waals surface area contributed by atoms with Crippen LogP contribution in [-0.4, -0.2) is 23.8 Å². The third-order valence-electron chi connectivity index (χ3n) is 1.48. The lowest BCUT2D eigenvalue weighted by Crippen LogP contribution is -2.42. The van der Waals surface area contributed by atoms with Crippen molar-refractivity contribution in [3.63, 3.8) is 0 Å². The Kier molecular flexibility index (Phi) is 1.21. The van der Waals surface area contributed by atoms with Crippen molar-refractivity contribution in [1.29, 1.82) is 0 Å². The minimum absolute atomic E-state index is 0.493. The second kappa shape index (κ2) is 2.03. The minimum atomic E-state index is -0.611. The molecule has 0 radical (unpaired) electrons. The van der Waals surface area contributed by atoms with Gasteiger partial charge in [-0.3, -0.25) is 0 Å². The van der Waals surface area contributed by atoms with Gasteiger partial charge in [-0.15, -0.1) is 0 Å². The smallest absolute Gasteiger partial charge is 0.122 e. The number of nitrogens with one attached hydrogen (secondary N) is 1. The van der Waals surface area contributed by atoms with Crippen LogP contribution >= 0.6 is 0 Å². The van der Waals surface area contributed by atoms with E-state index in [-0.39, 0.29) is 0 Å². The standard InChI is InChI=1S/C6H13NO/c1-6(8)3-2-4-7-5-6/h7-8H,2-5H2,1H3/t6-/m1/s1/i/hD. The van der Waals surface area contributed by atoms with E-state index in [0.29, 0.717) is 6.54 Å². The summed E-state index contributed by atoms with van der Waals surface area (Å²) >= 11 is 0. The Labute approximate surface area is 51.4 Å². The maximum Gasteiger partial charge on any atom is 0.122 e. The van der Waals surface area contributed by atoms with Gasteiger partial charge >= 0.3 is 0 Å². The molecule has 2 heteroatoms. The topological polar surface area (TPSA) is 32.3 Å². The number of piperidine rings is 1. The van der Waals surface area contributed by atoms with Gasteiger partial charge in [0.15, 0.2) is 0 Å². The van der Waals surface area contributed by atoms with Crippen LogP contribution in [0.1, 0.15) is 19.8 Å². The first kappa shape index (κ1) is 4.77. The Balaban J connectivity index is 2.41. The van der Waals surface area contributed by atoms with Gasteiger partial charge in [0.05, 0.1) is 5.60 Å². The lowest BCUT2D eigenvalue weighted by molar-refractivity contribution is 0.0351. The SMILES string of the molecule is [2H]N1CCC[C@@](C)(O)C1. The molecule has 0 aromatic carbocycles. The Morgan fingerprint density at radius 3 is 3.00 bits per heavy atom. The van der Waals surface area contributed by atoms with E-state index in [1.54, 1.807) is 6.92 Å². The van der Waals surface area contributed by atoms with Crippen LogP contribution in [0.25, 0.3) is 0 Å². The normalized spacial score (nSPS) is 44.0. The van der Waals surface area contributed by atoms with Crippen molar-refractivity contribution >= 4 is 0 Å². The number of β-amino-alcohol motifs (C(OH)–C–C–N with tert-alkyl or cyclic N) is 1. The van der Waals surface area contributed by atoms with Gasteiger partial charge in [0, 0.05) is 6.54 Å². The molecule has 0 bridgehead atoms. The molecule has 2 nitrogen and oxygen atoms in total. The van der Waals surface area contributed by atoms with Gasteiger partial charge in [0.1, 0.15) is 1.41 Å². The van der Waals surface area contributed by atoms with E-state index < -0.39 is 5.60 Å². The molecule has 0 spiro atoms. The van der Waals surface area contributed by atoms with Gasteiger partial charge in [-0.1, -0.05) is 0 Å². The first-order chi connectivity index (χ1) is 4.10. The van der Waals surface area contributed by atoms with Gasteiger partial charge < -0.3 is 10.4 Å². The molecule has 0 amide bonds. The highest BCUT2D eigenvalue weighted by molar-refractivity contribution is 4.79. The molecular formula is C6H13NO. The quantitative estimate of drug-likeness (QED) is 0.471. The minimum Gasteiger partial charge on any atom is -0.389 e. The van der Waals surface area contributed by atoms with Crippen molar-refractivity contribution < 1.29 is 6.52 Å². The van der Waals surface area contributed by atoms with Crippen LogP contribution in [0.15, 0.2) is 0 Å². The van der Waals surface area contributed by atoms with E-state index >= 15 is 0 Å². The van der Waals surface area contributed by atoms with Crippen molar-refractivity contribution in [3.8, 4) is 0 Å². The average Bonchev–Trinajstić information content (AvgIpc) is 1.60. The molecule has 0 aliphatic carbocycles. The molecule has 0 saturated carbocycles. The van der Waals surface area contributed by atoms with Crippen LogP contribution in [0.4, 0.5) is 0 Å². The predicted octanol–water partition coefficient (Wildman–Crippen LogP) is 0.121. The molecular weight excluding hydrogens is 102 g/mol. The van der Waals surface area contributed by atoms with Crippen molar-refractivity contribution in [3.05, 3.63) is 0 Å². The van der Waals surface area contributed by atoms with E-state index in [9.17, 15) is 5.11 Å². The van der Waals surface area contributed by atoms with Crippen LogP contribution < -0.4 is 5.31 Å². The van der Waals surface area contributed by atoms with E-state index in [0.717, 1.165) is 19.4 Å². The van der Waals surface area contributed by atoms with Crippen LogP contribution in [0, 0.1) is 0 Å². The molecule has 0 aromatic rings.